The Morgan fingerprint density at radius 3 is 2.55 bits per heavy atom. The summed E-state index contributed by atoms with van der Waals surface area (Å²) in [6.07, 6.45) is 14.7. The molecule has 0 nitrogen and oxygen atoms in total. The van der Waals surface area contributed by atoms with E-state index in [2.05, 4.69) is 19.1 Å². The third-order valence-electron chi connectivity index (χ3n) is 2.51. The lowest BCUT2D eigenvalue weighted by molar-refractivity contribution is 0.418. The van der Waals surface area contributed by atoms with Crippen molar-refractivity contribution in [3.05, 3.63) is 12.2 Å². The summed E-state index contributed by atoms with van der Waals surface area (Å²) in [6, 6.07) is 0. The molecule has 0 unspecified atom stereocenters. The van der Waals surface area contributed by atoms with Crippen LogP contribution in [0.25, 0.3) is 0 Å². The third kappa shape index (κ3) is 3.60. The van der Waals surface area contributed by atoms with Gasteiger partial charge in [-0.3, -0.25) is 0 Å². The van der Waals surface area contributed by atoms with Crippen LogP contribution in [0.15, 0.2) is 12.2 Å². The first-order chi connectivity index (χ1) is 5.43. The summed E-state index contributed by atoms with van der Waals surface area (Å²) in [5.41, 5.74) is 0. The van der Waals surface area contributed by atoms with Crippen molar-refractivity contribution in [3.8, 4) is 0 Å². The third-order valence-corrected chi connectivity index (χ3v) is 2.51. The SMILES string of the molecule is CCC/C=C/C1CCCCC1. The van der Waals surface area contributed by atoms with Crippen LogP contribution in [0.2, 0.25) is 0 Å². The van der Waals surface area contributed by atoms with Gasteiger partial charge in [0.1, 0.15) is 0 Å². The maximum atomic E-state index is 2.45. The van der Waals surface area contributed by atoms with Gasteiger partial charge in [-0.25, -0.2) is 0 Å². The van der Waals surface area contributed by atoms with Crippen LogP contribution in [-0.2, 0) is 0 Å². The van der Waals surface area contributed by atoms with E-state index in [-0.39, 0.29) is 0 Å². The molecule has 0 saturated heterocycles. The van der Waals surface area contributed by atoms with Crippen LogP contribution in [0.1, 0.15) is 51.9 Å². The summed E-state index contributed by atoms with van der Waals surface area (Å²) in [7, 11) is 0. The fraction of sp³-hybridized carbons (Fsp3) is 0.818. The topological polar surface area (TPSA) is 0 Å². The Morgan fingerprint density at radius 1 is 1.18 bits per heavy atom. The molecule has 1 aliphatic rings. The molecule has 0 atom stereocenters. The van der Waals surface area contributed by atoms with E-state index in [4.69, 9.17) is 0 Å². The van der Waals surface area contributed by atoms with Crippen molar-refractivity contribution in [2.75, 3.05) is 0 Å². The summed E-state index contributed by atoms with van der Waals surface area (Å²) >= 11 is 0. The molecule has 1 saturated carbocycles. The fourth-order valence-electron chi connectivity index (χ4n) is 1.78. The molecule has 0 radical (unpaired) electrons. The number of hydrogen-bond acceptors (Lipinski definition) is 0. The van der Waals surface area contributed by atoms with Gasteiger partial charge in [0.15, 0.2) is 0 Å². The molecule has 1 aliphatic carbocycles. The van der Waals surface area contributed by atoms with Crippen LogP contribution in [0.5, 0.6) is 0 Å². The molecule has 0 aliphatic heterocycles. The predicted octanol–water partition coefficient (Wildman–Crippen LogP) is 3.92. The molecule has 0 aromatic carbocycles. The summed E-state index contributed by atoms with van der Waals surface area (Å²) in [4.78, 5) is 0. The maximum Gasteiger partial charge on any atom is -0.0234 e. The molecule has 1 fully saturated rings. The summed E-state index contributed by atoms with van der Waals surface area (Å²) in [5.74, 6) is 0.926. The Kier molecular flexibility index (Phi) is 4.33. The second-order valence-electron chi connectivity index (χ2n) is 3.61. The Morgan fingerprint density at radius 2 is 1.91 bits per heavy atom. The minimum Gasteiger partial charge on any atom is -0.0883 e. The molecule has 0 aromatic rings. The molecular formula is C11H20. The van der Waals surface area contributed by atoms with E-state index in [9.17, 15) is 0 Å². The van der Waals surface area contributed by atoms with Gasteiger partial charge in [0.25, 0.3) is 0 Å². The van der Waals surface area contributed by atoms with Crippen molar-refractivity contribution in [2.45, 2.75) is 51.9 Å². The van der Waals surface area contributed by atoms with E-state index < -0.39 is 0 Å². The van der Waals surface area contributed by atoms with E-state index in [1.54, 1.807) is 0 Å². The van der Waals surface area contributed by atoms with Crippen molar-refractivity contribution in [1.82, 2.24) is 0 Å². The Labute approximate surface area is 70.7 Å². The highest BCUT2D eigenvalue weighted by Crippen LogP contribution is 2.24. The summed E-state index contributed by atoms with van der Waals surface area (Å²) < 4.78 is 0. The first-order valence-corrected chi connectivity index (χ1v) is 5.10. The highest BCUT2D eigenvalue weighted by molar-refractivity contribution is 4.89. The number of allylic oxidation sites excluding steroid dienone is 2. The second-order valence-corrected chi connectivity index (χ2v) is 3.61. The first-order valence-electron chi connectivity index (χ1n) is 5.10. The summed E-state index contributed by atoms with van der Waals surface area (Å²) in [6.45, 7) is 2.24. The number of rotatable bonds is 3. The van der Waals surface area contributed by atoms with E-state index in [1.807, 2.05) is 0 Å². The van der Waals surface area contributed by atoms with E-state index in [0.717, 1.165) is 5.92 Å². The average molecular weight is 152 g/mol. The quantitative estimate of drug-likeness (QED) is 0.538. The molecule has 1 rings (SSSR count). The van der Waals surface area contributed by atoms with Gasteiger partial charge in [0, 0.05) is 0 Å². The van der Waals surface area contributed by atoms with Crippen molar-refractivity contribution in [1.29, 1.82) is 0 Å². The first kappa shape index (κ1) is 8.83. The average Bonchev–Trinajstić information content (AvgIpc) is 2.07. The molecule has 0 spiro atoms. The van der Waals surface area contributed by atoms with Crippen LogP contribution in [0, 0.1) is 5.92 Å². The normalized spacial score (nSPS) is 21.2. The van der Waals surface area contributed by atoms with Crippen LogP contribution in [-0.4, -0.2) is 0 Å². The lowest BCUT2D eigenvalue weighted by Crippen LogP contribution is -2.02. The fourth-order valence-corrected chi connectivity index (χ4v) is 1.78. The van der Waals surface area contributed by atoms with Crippen LogP contribution >= 0.6 is 0 Å². The zero-order chi connectivity index (χ0) is 7.94. The van der Waals surface area contributed by atoms with Gasteiger partial charge in [0.05, 0.1) is 0 Å². The van der Waals surface area contributed by atoms with Gasteiger partial charge in [-0.2, -0.15) is 0 Å². The Hall–Kier alpha value is -0.260. The van der Waals surface area contributed by atoms with Gasteiger partial charge in [-0.05, 0) is 25.2 Å². The van der Waals surface area contributed by atoms with Crippen molar-refractivity contribution < 1.29 is 0 Å². The minimum atomic E-state index is 0.926. The standard InChI is InChI=1S/C11H20/c1-2-3-5-8-11-9-6-4-7-10-11/h5,8,11H,2-4,6-7,9-10H2,1H3/b8-5+. The van der Waals surface area contributed by atoms with Gasteiger partial charge in [0.2, 0.25) is 0 Å². The van der Waals surface area contributed by atoms with Gasteiger partial charge in [-0.1, -0.05) is 44.8 Å². The zero-order valence-corrected chi connectivity index (χ0v) is 7.68. The molecule has 0 heterocycles. The lowest BCUT2D eigenvalue weighted by Gasteiger charge is -2.17. The monoisotopic (exact) mass is 152 g/mol. The molecule has 0 heteroatoms. The molecule has 0 amide bonds. The summed E-state index contributed by atoms with van der Waals surface area (Å²) in [5, 5.41) is 0. The largest absolute Gasteiger partial charge is 0.0883 e. The number of hydrogen-bond donors (Lipinski definition) is 0. The maximum absolute atomic E-state index is 2.45. The molecule has 0 N–H and O–H groups in total. The molecular weight excluding hydrogens is 132 g/mol. The van der Waals surface area contributed by atoms with Gasteiger partial charge < -0.3 is 0 Å². The van der Waals surface area contributed by atoms with Crippen LogP contribution in [0.4, 0.5) is 0 Å². The molecule has 0 bridgehead atoms. The number of unbranched alkanes of at least 4 members (excludes halogenated alkanes) is 1. The van der Waals surface area contributed by atoms with Crippen LogP contribution < -0.4 is 0 Å². The van der Waals surface area contributed by atoms with Crippen LogP contribution in [0.3, 0.4) is 0 Å². The van der Waals surface area contributed by atoms with Gasteiger partial charge >= 0.3 is 0 Å². The minimum absolute atomic E-state index is 0.926. The van der Waals surface area contributed by atoms with E-state index >= 15 is 0 Å². The lowest BCUT2D eigenvalue weighted by atomic mass is 9.89. The Balaban J connectivity index is 2.13. The van der Waals surface area contributed by atoms with Crippen molar-refractivity contribution in [2.24, 2.45) is 5.92 Å². The van der Waals surface area contributed by atoms with Crippen molar-refractivity contribution >= 4 is 0 Å². The van der Waals surface area contributed by atoms with E-state index in [1.165, 1.54) is 44.9 Å². The van der Waals surface area contributed by atoms with Gasteiger partial charge in [-0.15, -0.1) is 0 Å². The predicted molar refractivity (Wildman–Crippen MR) is 50.6 cm³/mol. The zero-order valence-electron chi connectivity index (χ0n) is 7.68. The molecule has 64 valence electrons. The molecule has 0 aromatic heterocycles. The molecule has 11 heavy (non-hydrogen) atoms. The highest BCUT2D eigenvalue weighted by Gasteiger charge is 2.08. The Bertz CT molecular complexity index is 107. The smallest absolute Gasteiger partial charge is 0.0234 e. The van der Waals surface area contributed by atoms with Crippen molar-refractivity contribution in [3.63, 3.8) is 0 Å². The second kappa shape index (κ2) is 5.40. The van der Waals surface area contributed by atoms with E-state index in [0.29, 0.717) is 0 Å². The highest BCUT2D eigenvalue weighted by atomic mass is 14.1.